The van der Waals surface area contributed by atoms with E-state index in [4.69, 9.17) is 0 Å². The van der Waals surface area contributed by atoms with Gasteiger partial charge < -0.3 is 5.01 Å². The summed E-state index contributed by atoms with van der Waals surface area (Å²) in [5.74, 6) is 0. The Morgan fingerprint density at radius 2 is 1.92 bits per heavy atom. The molecule has 1 atom stereocenters. The van der Waals surface area contributed by atoms with E-state index in [1.165, 1.54) is 11.3 Å². The number of hydrogen-bond acceptors (Lipinski definition) is 3. The standard InChI is InChI=1S/C9H12N2S/c1-10-8-6-4-3-5-7(8)9(12)11(10)2/h3-6,9,12H,1-2H3. The third-order valence-electron chi connectivity index (χ3n) is 2.39. The molecule has 1 aromatic carbocycles. The SMILES string of the molecule is CN1c2ccccc2C(S)N1C. The summed E-state index contributed by atoms with van der Waals surface area (Å²) in [6.45, 7) is 0. The van der Waals surface area contributed by atoms with Crippen LogP contribution in [0.1, 0.15) is 10.9 Å². The molecule has 0 saturated heterocycles. The van der Waals surface area contributed by atoms with Crippen LogP contribution in [0.4, 0.5) is 5.69 Å². The molecule has 1 heterocycles. The number of benzene rings is 1. The number of thiol groups is 1. The van der Waals surface area contributed by atoms with Crippen molar-refractivity contribution < 1.29 is 0 Å². The highest BCUT2D eigenvalue weighted by Gasteiger charge is 2.27. The first-order valence-electron chi connectivity index (χ1n) is 3.95. The summed E-state index contributed by atoms with van der Waals surface area (Å²) in [5, 5.41) is 4.42. The monoisotopic (exact) mass is 180 g/mol. The van der Waals surface area contributed by atoms with Crippen molar-refractivity contribution in [1.29, 1.82) is 0 Å². The van der Waals surface area contributed by atoms with E-state index in [1.807, 2.05) is 7.05 Å². The Bertz CT molecular complexity index is 271. The van der Waals surface area contributed by atoms with Gasteiger partial charge in [-0.15, -0.1) is 0 Å². The predicted molar refractivity (Wildman–Crippen MR) is 54.3 cm³/mol. The zero-order valence-electron chi connectivity index (χ0n) is 7.23. The summed E-state index contributed by atoms with van der Waals surface area (Å²) in [6.07, 6.45) is 0. The molecule has 12 heavy (non-hydrogen) atoms. The van der Waals surface area contributed by atoms with Crippen molar-refractivity contribution in [3.63, 3.8) is 0 Å². The highest BCUT2D eigenvalue weighted by molar-refractivity contribution is 7.80. The zero-order valence-corrected chi connectivity index (χ0v) is 8.12. The Balaban J connectivity index is 2.52. The van der Waals surface area contributed by atoms with Crippen molar-refractivity contribution in [2.75, 3.05) is 19.1 Å². The third kappa shape index (κ3) is 0.934. The van der Waals surface area contributed by atoms with Crippen molar-refractivity contribution >= 4 is 18.3 Å². The average molecular weight is 180 g/mol. The number of nitrogens with zero attached hydrogens (tertiary/aromatic N) is 2. The molecular weight excluding hydrogens is 168 g/mol. The number of fused-ring (bicyclic) bond motifs is 1. The largest absolute Gasteiger partial charge is 0.307 e. The molecule has 1 aliphatic heterocycles. The van der Waals surface area contributed by atoms with Crippen LogP contribution in [-0.2, 0) is 0 Å². The minimum absolute atomic E-state index is 0.200. The maximum Gasteiger partial charge on any atom is 0.0985 e. The second-order valence-corrected chi connectivity index (χ2v) is 3.52. The molecule has 1 unspecified atom stereocenters. The molecule has 0 saturated carbocycles. The fraction of sp³-hybridized carbons (Fsp3) is 0.333. The van der Waals surface area contributed by atoms with Crippen molar-refractivity contribution in [3.8, 4) is 0 Å². The summed E-state index contributed by atoms with van der Waals surface area (Å²) < 4.78 is 0. The molecule has 2 nitrogen and oxygen atoms in total. The second-order valence-electron chi connectivity index (χ2n) is 3.03. The fourth-order valence-electron chi connectivity index (χ4n) is 1.54. The molecule has 3 heteroatoms. The van der Waals surface area contributed by atoms with Crippen LogP contribution in [0.3, 0.4) is 0 Å². The summed E-state index contributed by atoms with van der Waals surface area (Å²) in [4.78, 5) is 0. The van der Waals surface area contributed by atoms with E-state index in [1.54, 1.807) is 0 Å². The topological polar surface area (TPSA) is 6.48 Å². The summed E-state index contributed by atoms with van der Waals surface area (Å²) in [5.41, 5.74) is 2.53. The fourth-order valence-corrected chi connectivity index (χ4v) is 1.91. The Morgan fingerprint density at radius 1 is 1.25 bits per heavy atom. The van der Waals surface area contributed by atoms with Gasteiger partial charge in [0.15, 0.2) is 0 Å². The molecule has 1 aromatic rings. The van der Waals surface area contributed by atoms with E-state index in [0.29, 0.717) is 0 Å². The van der Waals surface area contributed by atoms with Crippen LogP contribution < -0.4 is 5.01 Å². The zero-order chi connectivity index (χ0) is 8.72. The molecule has 1 aliphatic rings. The van der Waals surface area contributed by atoms with E-state index in [2.05, 4.69) is 54.0 Å². The average Bonchev–Trinajstić information content (AvgIpc) is 2.33. The lowest BCUT2D eigenvalue weighted by molar-refractivity contribution is 0.338. The van der Waals surface area contributed by atoms with Gasteiger partial charge in [0.2, 0.25) is 0 Å². The van der Waals surface area contributed by atoms with Crippen molar-refractivity contribution in [1.82, 2.24) is 5.01 Å². The Morgan fingerprint density at radius 3 is 2.58 bits per heavy atom. The van der Waals surface area contributed by atoms with E-state index in [9.17, 15) is 0 Å². The van der Waals surface area contributed by atoms with Crippen LogP contribution >= 0.6 is 12.6 Å². The smallest absolute Gasteiger partial charge is 0.0985 e. The van der Waals surface area contributed by atoms with Crippen LogP contribution in [0.25, 0.3) is 0 Å². The highest BCUT2D eigenvalue weighted by atomic mass is 32.1. The van der Waals surface area contributed by atoms with Gasteiger partial charge in [0.1, 0.15) is 0 Å². The van der Waals surface area contributed by atoms with E-state index < -0.39 is 0 Å². The van der Waals surface area contributed by atoms with Crippen LogP contribution in [0.5, 0.6) is 0 Å². The maximum absolute atomic E-state index is 4.51. The molecule has 0 spiro atoms. The Labute approximate surface area is 78.2 Å². The lowest BCUT2D eigenvalue weighted by atomic mass is 10.2. The first kappa shape index (κ1) is 7.95. The van der Waals surface area contributed by atoms with E-state index >= 15 is 0 Å². The molecule has 0 N–H and O–H groups in total. The van der Waals surface area contributed by atoms with Crippen LogP contribution in [0.2, 0.25) is 0 Å². The minimum atomic E-state index is 0.200. The Kier molecular flexibility index (Phi) is 1.77. The predicted octanol–water partition coefficient (Wildman–Crippen LogP) is 1.91. The number of hydrazine groups is 1. The molecule has 0 aromatic heterocycles. The van der Waals surface area contributed by atoms with Crippen molar-refractivity contribution in [2.45, 2.75) is 5.37 Å². The van der Waals surface area contributed by atoms with Gasteiger partial charge in [0, 0.05) is 19.7 Å². The van der Waals surface area contributed by atoms with Gasteiger partial charge in [-0.05, 0) is 6.07 Å². The van der Waals surface area contributed by atoms with Crippen LogP contribution in [0, 0.1) is 0 Å². The lowest BCUT2D eigenvalue weighted by Gasteiger charge is -2.23. The number of anilines is 1. The molecule has 2 rings (SSSR count). The van der Waals surface area contributed by atoms with Gasteiger partial charge in [-0.1, -0.05) is 18.2 Å². The van der Waals surface area contributed by atoms with Gasteiger partial charge in [-0.3, -0.25) is 0 Å². The number of rotatable bonds is 0. The first-order chi connectivity index (χ1) is 5.72. The maximum atomic E-state index is 4.51. The van der Waals surface area contributed by atoms with Gasteiger partial charge in [-0.2, -0.15) is 12.6 Å². The third-order valence-corrected chi connectivity index (χ3v) is 3.00. The van der Waals surface area contributed by atoms with Gasteiger partial charge >= 0.3 is 0 Å². The molecule has 0 amide bonds. The highest BCUT2D eigenvalue weighted by Crippen LogP contribution is 2.39. The quantitative estimate of drug-likeness (QED) is 0.609. The van der Waals surface area contributed by atoms with Crippen molar-refractivity contribution in [2.24, 2.45) is 0 Å². The van der Waals surface area contributed by atoms with Gasteiger partial charge in [-0.25, -0.2) is 5.01 Å². The lowest BCUT2D eigenvalue weighted by Crippen LogP contribution is -2.31. The summed E-state index contributed by atoms with van der Waals surface area (Å²) >= 11 is 4.51. The van der Waals surface area contributed by atoms with Gasteiger partial charge in [0.05, 0.1) is 11.1 Å². The molecule has 0 radical (unpaired) electrons. The minimum Gasteiger partial charge on any atom is -0.307 e. The Hall–Kier alpha value is -0.670. The molecule has 64 valence electrons. The normalized spacial score (nSPS) is 22.9. The molecular formula is C9H12N2S. The van der Waals surface area contributed by atoms with E-state index in [-0.39, 0.29) is 5.37 Å². The summed E-state index contributed by atoms with van der Waals surface area (Å²) in [6, 6.07) is 8.33. The molecule has 0 aliphatic carbocycles. The number of hydrogen-bond donors (Lipinski definition) is 1. The van der Waals surface area contributed by atoms with Crippen LogP contribution in [-0.4, -0.2) is 19.1 Å². The number of para-hydroxylation sites is 1. The second kappa shape index (κ2) is 2.68. The summed E-state index contributed by atoms with van der Waals surface area (Å²) in [7, 11) is 4.09. The molecule has 0 bridgehead atoms. The van der Waals surface area contributed by atoms with Crippen LogP contribution in [0.15, 0.2) is 24.3 Å². The first-order valence-corrected chi connectivity index (χ1v) is 4.47. The van der Waals surface area contributed by atoms with Crippen molar-refractivity contribution in [3.05, 3.63) is 29.8 Å². The van der Waals surface area contributed by atoms with Gasteiger partial charge in [0.25, 0.3) is 0 Å². The molecule has 0 fully saturated rings. The van der Waals surface area contributed by atoms with E-state index in [0.717, 1.165) is 0 Å².